The summed E-state index contributed by atoms with van der Waals surface area (Å²) >= 11 is 0. The summed E-state index contributed by atoms with van der Waals surface area (Å²) in [5.74, 6) is -0.00167. The second kappa shape index (κ2) is 5.24. The number of aliphatic hydroxyl groups excluding tert-OH is 3. The third kappa shape index (κ3) is 2.87. The lowest BCUT2D eigenvalue weighted by Crippen LogP contribution is -2.28. The number of aromatic nitrogens is 3. The van der Waals surface area contributed by atoms with Crippen LogP contribution < -0.4 is 16.0 Å². The van der Waals surface area contributed by atoms with Crippen LogP contribution in [-0.2, 0) is 0 Å². The predicted molar refractivity (Wildman–Crippen MR) is 51.6 cm³/mol. The first-order chi connectivity index (χ1) is 7.21. The molecule has 0 unspecified atom stereocenters. The predicted octanol–water partition coefficient (Wildman–Crippen LogP) is -2.48. The summed E-state index contributed by atoms with van der Waals surface area (Å²) in [6, 6.07) is 0. The maximum absolute atomic E-state index is 8.85. The van der Waals surface area contributed by atoms with E-state index in [1.165, 1.54) is 0 Å². The summed E-state index contributed by atoms with van der Waals surface area (Å²) in [5, 5.41) is 28.7. The van der Waals surface area contributed by atoms with Crippen molar-refractivity contribution in [3.8, 4) is 0 Å². The van der Waals surface area contributed by atoms with Crippen molar-refractivity contribution in [2.75, 3.05) is 36.1 Å². The molecule has 0 saturated carbocycles. The van der Waals surface area contributed by atoms with Gasteiger partial charge in [0.05, 0.1) is 0 Å². The average Bonchev–Trinajstić information content (AvgIpc) is 2.19. The minimum absolute atomic E-state index is 0.0171. The van der Waals surface area contributed by atoms with Crippen molar-refractivity contribution in [1.82, 2.24) is 15.0 Å². The number of hydrogen-bond acceptors (Lipinski definition) is 9. The first-order valence-electron chi connectivity index (χ1n) is 4.04. The lowest BCUT2D eigenvalue weighted by molar-refractivity contribution is 0.220. The van der Waals surface area contributed by atoms with Crippen LogP contribution >= 0.6 is 0 Å². The molecular formula is C6H12N6O3. The lowest BCUT2D eigenvalue weighted by Gasteiger charge is -2.16. The highest BCUT2D eigenvalue weighted by Crippen LogP contribution is 2.10. The molecule has 1 heterocycles. The highest BCUT2D eigenvalue weighted by molar-refractivity contribution is 5.40. The Morgan fingerprint density at radius 3 is 2.33 bits per heavy atom. The van der Waals surface area contributed by atoms with E-state index in [2.05, 4.69) is 20.3 Å². The van der Waals surface area contributed by atoms with E-state index in [0.29, 0.717) is 0 Å². The van der Waals surface area contributed by atoms with Gasteiger partial charge in [0.1, 0.15) is 20.2 Å². The Hall–Kier alpha value is -1.71. The van der Waals surface area contributed by atoms with Crippen LogP contribution in [0.2, 0.25) is 0 Å². The summed E-state index contributed by atoms with van der Waals surface area (Å²) < 4.78 is 0. The van der Waals surface area contributed by atoms with Crippen molar-refractivity contribution in [3.63, 3.8) is 0 Å². The molecule has 1 aromatic heterocycles. The molecule has 1 rings (SSSR count). The van der Waals surface area contributed by atoms with Crippen LogP contribution in [0.5, 0.6) is 0 Å². The smallest absolute Gasteiger partial charge is 0.235 e. The second-order valence-corrected chi connectivity index (χ2v) is 2.47. The SMILES string of the molecule is Nc1nc(NCO)nc(N(CO)CO)n1. The first kappa shape index (κ1) is 11.4. The molecule has 0 bridgehead atoms. The molecule has 9 heteroatoms. The molecule has 15 heavy (non-hydrogen) atoms. The van der Waals surface area contributed by atoms with Gasteiger partial charge >= 0.3 is 0 Å². The van der Waals surface area contributed by atoms with Crippen LogP contribution in [0, 0.1) is 0 Å². The molecule has 0 atom stereocenters. The average molecular weight is 216 g/mol. The van der Waals surface area contributed by atoms with Gasteiger partial charge in [0, 0.05) is 0 Å². The summed E-state index contributed by atoms with van der Waals surface area (Å²) in [6.45, 7) is -1.28. The molecule has 9 nitrogen and oxygen atoms in total. The normalized spacial score (nSPS) is 10.1. The van der Waals surface area contributed by atoms with Gasteiger partial charge in [-0.15, -0.1) is 0 Å². The summed E-state index contributed by atoms with van der Waals surface area (Å²) in [6.07, 6.45) is 0. The van der Waals surface area contributed by atoms with E-state index in [1.54, 1.807) is 0 Å². The molecule has 0 spiro atoms. The largest absolute Gasteiger partial charge is 0.376 e. The Morgan fingerprint density at radius 2 is 1.80 bits per heavy atom. The number of nitrogens with two attached hydrogens (primary N) is 1. The number of nitrogens with zero attached hydrogens (tertiary/aromatic N) is 4. The van der Waals surface area contributed by atoms with Crippen molar-refractivity contribution in [2.24, 2.45) is 0 Å². The first-order valence-corrected chi connectivity index (χ1v) is 4.04. The van der Waals surface area contributed by atoms with Crippen LogP contribution in [0.3, 0.4) is 0 Å². The van der Waals surface area contributed by atoms with Gasteiger partial charge in [-0.25, -0.2) is 0 Å². The van der Waals surface area contributed by atoms with Crippen LogP contribution in [0.25, 0.3) is 0 Å². The van der Waals surface area contributed by atoms with Crippen molar-refractivity contribution < 1.29 is 15.3 Å². The minimum atomic E-state index is -0.460. The van der Waals surface area contributed by atoms with Gasteiger partial charge in [-0.3, -0.25) is 4.90 Å². The topological polar surface area (TPSA) is 141 Å². The molecule has 1 aromatic rings. The maximum Gasteiger partial charge on any atom is 0.235 e. The van der Waals surface area contributed by atoms with Crippen molar-refractivity contribution in [2.45, 2.75) is 0 Å². The van der Waals surface area contributed by atoms with Crippen LogP contribution in [0.4, 0.5) is 17.8 Å². The van der Waals surface area contributed by atoms with Gasteiger partial charge in [0.25, 0.3) is 0 Å². The van der Waals surface area contributed by atoms with E-state index < -0.39 is 13.5 Å². The van der Waals surface area contributed by atoms with Gasteiger partial charge in [0.15, 0.2) is 0 Å². The lowest BCUT2D eigenvalue weighted by atomic mass is 10.7. The summed E-state index contributed by atoms with van der Waals surface area (Å²) in [4.78, 5) is 12.2. The fourth-order valence-corrected chi connectivity index (χ4v) is 0.843. The molecule has 0 aliphatic heterocycles. The Balaban J connectivity index is 2.96. The molecule has 84 valence electrons. The van der Waals surface area contributed by atoms with E-state index >= 15 is 0 Å². The van der Waals surface area contributed by atoms with E-state index in [0.717, 1.165) is 4.90 Å². The third-order valence-corrected chi connectivity index (χ3v) is 1.50. The summed E-state index contributed by atoms with van der Waals surface area (Å²) in [5.41, 5.74) is 5.36. The quantitative estimate of drug-likeness (QED) is 0.338. The third-order valence-electron chi connectivity index (χ3n) is 1.50. The monoisotopic (exact) mass is 216 g/mol. The fourth-order valence-electron chi connectivity index (χ4n) is 0.843. The van der Waals surface area contributed by atoms with Crippen molar-refractivity contribution in [1.29, 1.82) is 0 Å². The number of nitrogen functional groups attached to an aromatic ring is 1. The summed E-state index contributed by atoms with van der Waals surface area (Å²) in [7, 11) is 0. The Morgan fingerprint density at radius 1 is 1.13 bits per heavy atom. The minimum Gasteiger partial charge on any atom is -0.376 e. The zero-order chi connectivity index (χ0) is 11.3. The van der Waals surface area contributed by atoms with Gasteiger partial charge < -0.3 is 26.4 Å². The number of rotatable bonds is 5. The molecule has 6 N–H and O–H groups in total. The van der Waals surface area contributed by atoms with Crippen LogP contribution in [0.1, 0.15) is 0 Å². The molecule has 0 aliphatic rings. The molecule has 0 aliphatic carbocycles. The number of hydrogen-bond donors (Lipinski definition) is 5. The molecule has 0 amide bonds. The molecule has 0 aromatic carbocycles. The van der Waals surface area contributed by atoms with E-state index in [4.69, 9.17) is 21.1 Å². The Bertz CT molecular complexity index is 318. The van der Waals surface area contributed by atoms with Gasteiger partial charge in [0.2, 0.25) is 17.8 Å². The van der Waals surface area contributed by atoms with Crippen LogP contribution in [0.15, 0.2) is 0 Å². The second-order valence-electron chi connectivity index (χ2n) is 2.47. The zero-order valence-corrected chi connectivity index (χ0v) is 7.83. The van der Waals surface area contributed by atoms with Gasteiger partial charge in [-0.05, 0) is 0 Å². The molecule has 0 radical (unpaired) electrons. The molecule has 0 fully saturated rings. The van der Waals surface area contributed by atoms with Gasteiger partial charge in [-0.2, -0.15) is 15.0 Å². The molecular weight excluding hydrogens is 204 g/mol. The highest BCUT2D eigenvalue weighted by Gasteiger charge is 2.10. The van der Waals surface area contributed by atoms with Crippen LogP contribution in [-0.4, -0.2) is 50.5 Å². The van der Waals surface area contributed by atoms with Gasteiger partial charge in [-0.1, -0.05) is 0 Å². The standard InChI is InChI=1S/C6H12N6O3/c7-4-9-5(8-1-13)11-6(10-4)12(2-14)3-15/h13-15H,1-3H2,(H3,7,8,9,10,11). The van der Waals surface area contributed by atoms with E-state index in [1.807, 2.05) is 0 Å². The van der Waals surface area contributed by atoms with Crippen molar-refractivity contribution >= 4 is 17.8 Å². The Labute approximate surface area is 85.2 Å². The number of anilines is 3. The fraction of sp³-hybridized carbons (Fsp3) is 0.500. The number of nitrogens with one attached hydrogen (secondary N) is 1. The highest BCUT2D eigenvalue weighted by atomic mass is 16.3. The molecule has 0 saturated heterocycles. The van der Waals surface area contributed by atoms with E-state index in [9.17, 15) is 0 Å². The maximum atomic E-state index is 8.85. The van der Waals surface area contributed by atoms with Crippen molar-refractivity contribution in [3.05, 3.63) is 0 Å². The van der Waals surface area contributed by atoms with E-state index in [-0.39, 0.29) is 24.6 Å². The zero-order valence-electron chi connectivity index (χ0n) is 7.83. The Kier molecular flexibility index (Phi) is 3.97. The number of aliphatic hydroxyl groups is 3.